The molecule has 1 aromatic heterocycles. The topological polar surface area (TPSA) is 37.3 Å². The van der Waals surface area contributed by atoms with E-state index in [4.69, 9.17) is 0 Å². The van der Waals surface area contributed by atoms with Gasteiger partial charge in [-0.2, -0.15) is 0 Å². The van der Waals surface area contributed by atoms with E-state index in [1.165, 1.54) is 21.6 Å². The van der Waals surface area contributed by atoms with Crippen LogP contribution < -0.4 is 0 Å². The van der Waals surface area contributed by atoms with Crippen molar-refractivity contribution in [2.45, 2.75) is 66.7 Å². The molecule has 0 unspecified atom stereocenters. The molecule has 2 nitrogen and oxygen atoms in total. The number of phenolic OH excluding ortho intramolecular Hbond substituents is 1. The summed E-state index contributed by atoms with van der Waals surface area (Å²) in [5, 5.41) is 10.1. The van der Waals surface area contributed by atoms with Crippen LogP contribution in [0.3, 0.4) is 0 Å². The summed E-state index contributed by atoms with van der Waals surface area (Å²) in [7, 11) is 0. The fourth-order valence-electron chi connectivity index (χ4n) is 5.13. The summed E-state index contributed by atoms with van der Waals surface area (Å²) < 4.78 is 0. The maximum Gasteiger partial charge on any atom is 0.173 e. The summed E-state index contributed by atoms with van der Waals surface area (Å²) in [6.45, 7) is 12.8. The van der Waals surface area contributed by atoms with E-state index >= 15 is 0 Å². The summed E-state index contributed by atoms with van der Waals surface area (Å²) in [4.78, 5) is 15.4. The fourth-order valence-corrected chi connectivity index (χ4v) is 6.33. The van der Waals surface area contributed by atoms with Crippen LogP contribution in [0.4, 0.5) is 0 Å². The number of rotatable bonds is 4. The van der Waals surface area contributed by atoms with E-state index in [2.05, 4.69) is 20.8 Å². The molecular formula is C23H28O2S. The van der Waals surface area contributed by atoms with E-state index in [1.54, 1.807) is 11.3 Å². The number of hydrogen-bond acceptors (Lipinski definition) is 3. The average molecular weight is 369 g/mol. The van der Waals surface area contributed by atoms with Gasteiger partial charge in [-0.1, -0.05) is 19.9 Å². The number of carbonyl (C=O) groups excluding carboxylic acids is 1. The smallest absolute Gasteiger partial charge is 0.173 e. The number of benzene rings is 1. The van der Waals surface area contributed by atoms with Crippen molar-refractivity contribution in [3.05, 3.63) is 49.2 Å². The number of aromatic hydroxyl groups is 1. The Labute approximate surface area is 160 Å². The van der Waals surface area contributed by atoms with Crippen molar-refractivity contribution in [1.82, 2.24) is 0 Å². The van der Waals surface area contributed by atoms with E-state index in [9.17, 15) is 9.90 Å². The second kappa shape index (κ2) is 5.69. The van der Waals surface area contributed by atoms with Crippen LogP contribution in [0, 0.1) is 39.0 Å². The van der Waals surface area contributed by atoms with Gasteiger partial charge in [-0.05, 0) is 91.2 Å². The molecule has 2 aliphatic carbocycles. The van der Waals surface area contributed by atoms with Crippen molar-refractivity contribution < 1.29 is 9.90 Å². The Morgan fingerprint density at radius 3 is 2.62 bits per heavy atom. The predicted molar refractivity (Wildman–Crippen MR) is 108 cm³/mol. The largest absolute Gasteiger partial charge is 0.507 e. The summed E-state index contributed by atoms with van der Waals surface area (Å²) in [6.07, 6.45) is 2.39. The highest BCUT2D eigenvalue weighted by atomic mass is 32.1. The molecule has 0 saturated heterocycles. The van der Waals surface area contributed by atoms with Gasteiger partial charge in [0.05, 0.1) is 4.88 Å². The monoisotopic (exact) mass is 368 g/mol. The average Bonchev–Trinajstić information content (AvgIpc) is 2.94. The highest BCUT2D eigenvalue weighted by Gasteiger charge is 2.63. The van der Waals surface area contributed by atoms with Crippen LogP contribution in [0.5, 0.6) is 5.75 Å². The number of thiophene rings is 1. The molecule has 4 rings (SSSR count). The molecule has 0 spiro atoms. The number of aryl methyl sites for hydroxylation is 3. The second-order valence-electron chi connectivity index (χ2n) is 8.86. The fraction of sp³-hybridized carbons (Fsp3) is 0.522. The van der Waals surface area contributed by atoms with E-state index in [1.807, 2.05) is 26.8 Å². The summed E-state index contributed by atoms with van der Waals surface area (Å²) in [5.41, 5.74) is 7.41. The van der Waals surface area contributed by atoms with E-state index < -0.39 is 0 Å². The lowest BCUT2D eigenvalue weighted by molar-refractivity contribution is 0.0985. The lowest BCUT2D eigenvalue weighted by atomic mass is 9.92. The van der Waals surface area contributed by atoms with Gasteiger partial charge in [0, 0.05) is 11.3 Å². The number of hydrogen-bond donors (Lipinski definition) is 1. The van der Waals surface area contributed by atoms with Gasteiger partial charge in [-0.25, -0.2) is 0 Å². The summed E-state index contributed by atoms with van der Waals surface area (Å²) >= 11 is 1.71. The number of phenols is 1. The first-order valence-corrected chi connectivity index (χ1v) is 10.4. The van der Waals surface area contributed by atoms with Gasteiger partial charge in [0.2, 0.25) is 0 Å². The molecule has 0 bridgehead atoms. The molecule has 1 heterocycles. The van der Waals surface area contributed by atoms with Crippen molar-refractivity contribution in [3.8, 4) is 5.75 Å². The molecule has 3 heteroatoms. The van der Waals surface area contributed by atoms with E-state index in [0.29, 0.717) is 29.3 Å². The third kappa shape index (κ3) is 2.40. The van der Waals surface area contributed by atoms with E-state index in [-0.39, 0.29) is 0 Å². The minimum atomic E-state index is 0.293. The zero-order valence-electron chi connectivity index (χ0n) is 16.6. The number of fused-ring (bicyclic) bond motifs is 3. The van der Waals surface area contributed by atoms with Crippen LogP contribution in [-0.4, -0.2) is 10.9 Å². The summed E-state index contributed by atoms with van der Waals surface area (Å²) in [6, 6.07) is 2.03. The normalized spacial score (nSPS) is 22.2. The van der Waals surface area contributed by atoms with Crippen molar-refractivity contribution in [2.24, 2.45) is 11.3 Å². The first-order valence-electron chi connectivity index (χ1n) is 9.58. The Bertz CT molecular complexity index is 932. The third-order valence-electron chi connectivity index (χ3n) is 7.06. The molecule has 138 valence electrons. The molecule has 26 heavy (non-hydrogen) atoms. The number of carbonyl (C=O) groups is 1. The molecule has 2 aliphatic rings. The molecule has 1 aromatic carbocycles. The Morgan fingerprint density at radius 1 is 1.23 bits per heavy atom. The molecule has 1 N–H and O–H groups in total. The third-order valence-corrected chi connectivity index (χ3v) is 8.26. The summed E-state index contributed by atoms with van der Waals surface area (Å²) in [5.74, 6) is 2.10. The minimum Gasteiger partial charge on any atom is -0.507 e. The number of ketones is 1. The highest BCUT2D eigenvalue weighted by Crippen LogP contribution is 2.71. The molecule has 0 aliphatic heterocycles. The zero-order chi connectivity index (χ0) is 19.0. The SMILES string of the molecule is Cc1cc(CCC(=O)c2sc(C)c3c2C[C@@H]2[C@H]3C2(C)C)c(C)c(C)c1O. The number of Topliss-reactive ketones (excluding diaryl/α,β-unsaturated/α-hetero) is 1. The van der Waals surface area contributed by atoms with Crippen molar-refractivity contribution in [2.75, 3.05) is 0 Å². The van der Waals surface area contributed by atoms with Gasteiger partial charge in [-0.15, -0.1) is 11.3 Å². The van der Waals surface area contributed by atoms with Crippen LogP contribution in [-0.2, 0) is 12.8 Å². The second-order valence-corrected chi connectivity index (χ2v) is 10.1. The quantitative estimate of drug-likeness (QED) is 0.693. The molecule has 2 aromatic rings. The first-order chi connectivity index (χ1) is 12.1. The Morgan fingerprint density at radius 2 is 1.92 bits per heavy atom. The predicted octanol–water partition coefficient (Wildman–Crippen LogP) is 5.80. The van der Waals surface area contributed by atoms with Crippen LogP contribution in [0.1, 0.15) is 74.1 Å². The Hall–Kier alpha value is -1.61. The van der Waals surface area contributed by atoms with Crippen molar-refractivity contribution in [1.29, 1.82) is 0 Å². The molecule has 1 saturated carbocycles. The zero-order valence-corrected chi connectivity index (χ0v) is 17.4. The first kappa shape index (κ1) is 17.8. The lowest BCUT2D eigenvalue weighted by Gasteiger charge is -2.13. The molecular weight excluding hydrogens is 340 g/mol. The van der Waals surface area contributed by atoms with Gasteiger partial charge < -0.3 is 5.11 Å². The molecule has 1 fully saturated rings. The van der Waals surface area contributed by atoms with Crippen LogP contribution >= 0.6 is 11.3 Å². The highest BCUT2D eigenvalue weighted by molar-refractivity contribution is 7.14. The molecule has 0 radical (unpaired) electrons. The van der Waals surface area contributed by atoms with Crippen LogP contribution in [0.2, 0.25) is 0 Å². The lowest BCUT2D eigenvalue weighted by Crippen LogP contribution is -2.06. The van der Waals surface area contributed by atoms with Gasteiger partial charge >= 0.3 is 0 Å². The van der Waals surface area contributed by atoms with Crippen molar-refractivity contribution >= 4 is 17.1 Å². The molecule has 2 atom stereocenters. The van der Waals surface area contributed by atoms with Gasteiger partial charge in [-0.3, -0.25) is 4.79 Å². The molecule has 0 amide bonds. The van der Waals surface area contributed by atoms with Gasteiger partial charge in [0.15, 0.2) is 5.78 Å². The standard InChI is InChI=1S/C23H28O2S/c1-11-9-15(12(2)13(3)21(11)25)7-8-18(24)22-16-10-17-20(23(17,5)6)19(16)14(4)26-22/h9,17,20,25H,7-8,10H2,1-6H3/t17-,20-/m1/s1. The van der Waals surface area contributed by atoms with Crippen molar-refractivity contribution in [3.63, 3.8) is 0 Å². The van der Waals surface area contributed by atoms with Gasteiger partial charge in [0.25, 0.3) is 0 Å². The maximum atomic E-state index is 13.0. The Balaban J connectivity index is 1.55. The van der Waals surface area contributed by atoms with Crippen LogP contribution in [0.15, 0.2) is 6.07 Å². The maximum absolute atomic E-state index is 13.0. The van der Waals surface area contributed by atoms with Crippen LogP contribution in [0.25, 0.3) is 0 Å². The Kier molecular flexibility index (Phi) is 3.89. The van der Waals surface area contributed by atoms with E-state index in [0.717, 1.165) is 40.3 Å². The minimum absolute atomic E-state index is 0.293. The van der Waals surface area contributed by atoms with Gasteiger partial charge in [0.1, 0.15) is 5.75 Å².